The second-order valence-corrected chi connectivity index (χ2v) is 14.1. The number of hydrogen-bond acceptors (Lipinski definition) is 1. The minimum Gasteiger partial charge on any atom is -0.296 e. The smallest absolute Gasteiger partial charge is 0.122 e. The minimum atomic E-state index is 0.127. The first-order chi connectivity index (χ1) is 24.9. The van der Waals surface area contributed by atoms with Gasteiger partial charge in [0.05, 0.1) is 11.0 Å². The molecule has 1 aliphatic heterocycles. The third-order valence-electron chi connectivity index (χ3n) is 10.8. The predicted molar refractivity (Wildman–Crippen MR) is 220 cm³/mol. The van der Waals surface area contributed by atoms with E-state index in [0.717, 1.165) is 47.3 Å². The Bertz CT molecular complexity index is 2250. The van der Waals surface area contributed by atoms with Crippen molar-refractivity contribution in [3.8, 4) is 0 Å². The zero-order valence-electron chi connectivity index (χ0n) is 30.4. The molecule has 0 fully saturated rings. The summed E-state index contributed by atoms with van der Waals surface area (Å²) in [6.45, 7) is 17.6. The molecule has 0 saturated heterocycles. The average molecular weight is 665 g/mol. The molecule has 0 amide bonds. The Morgan fingerprint density at radius 3 is 2.41 bits per heavy atom. The van der Waals surface area contributed by atoms with Crippen LogP contribution in [0.15, 0.2) is 180 Å². The van der Waals surface area contributed by atoms with Crippen molar-refractivity contribution < 1.29 is 0 Å². The van der Waals surface area contributed by atoms with Crippen LogP contribution in [-0.4, -0.2) is 9.55 Å². The van der Waals surface area contributed by atoms with Crippen LogP contribution in [0.5, 0.6) is 0 Å². The fraction of sp³-hybridized carbons (Fsp3) is 0.204. The first-order valence-corrected chi connectivity index (χ1v) is 18.4. The van der Waals surface area contributed by atoms with Crippen LogP contribution in [0.25, 0.3) is 28.4 Å². The van der Waals surface area contributed by atoms with Crippen LogP contribution in [0, 0.1) is 5.92 Å². The Labute approximate surface area is 304 Å². The number of rotatable bonds is 8. The van der Waals surface area contributed by atoms with E-state index in [0.29, 0.717) is 5.92 Å². The maximum atomic E-state index is 5.22. The van der Waals surface area contributed by atoms with Crippen LogP contribution in [0.1, 0.15) is 81.3 Å². The Balaban J connectivity index is 1.21. The summed E-state index contributed by atoms with van der Waals surface area (Å²) in [6, 6.07) is 15.5. The van der Waals surface area contributed by atoms with Gasteiger partial charge in [-0.05, 0) is 114 Å². The van der Waals surface area contributed by atoms with Gasteiger partial charge in [0.25, 0.3) is 0 Å². The summed E-state index contributed by atoms with van der Waals surface area (Å²) in [5.41, 5.74) is 15.9. The van der Waals surface area contributed by atoms with Gasteiger partial charge in [-0.25, -0.2) is 4.98 Å². The van der Waals surface area contributed by atoms with Crippen LogP contribution < -0.4 is 0 Å². The van der Waals surface area contributed by atoms with Gasteiger partial charge in [0.15, 0.2) is 0 Å². The lowest BCUT2D eigenvalue weighted by atomic mass is 9.74. The van der Waals surface area contributed by atoms with Gasteiger partial charge in [-0.2, -0.15) is 0 Å². The Morgan fingerprint density at radius 1 is 0.882 bits per heavy atom. The van der Waals surface area contributed by atoms with Crippen LogP contribution in [0.4, 0.5) is 0 Å². The van der Waals surface area contributed by atoms with Crippen LogP contribution in [0.3, 0.4) is 0 Å². The van der Waals surface area contributed by atoms with Gasteiger partial charge in [-0.3, -0.25) is 4.57 Å². The number of benzene rings is 2. The van der Waals surface area contributed by atoms with E-state index in [1.165, 1.54) is 50.3 Å². The number of para-hydroxylation sites is 2. The lowest BCUT2D eigenvalue weighted by Crippen LogP contribution is -2.26. The summed E-state index contributed by atoms with van der Waals surface area (Å²) in [4.78, 5) is 5.22. The van der Waals surface area contributed by atoms with E-state index in [9.17, 15) is 0 Å². The third kappa shape index (κ3) is 6.84. The number of hydrogen-bond donors (Lipinski definition) is 0. The van der Waals surface area contributed by atoms with Gasteiger partial charge >= 0.3 is 0 Å². The molecule has 3 aliphatic carbocycles. The number of imidazole rings is 1. The Hall–Kier alpha value is -5.47. The van der Waals surface area contributed by atoms with Crippen molar-refractivity contribution in [2.45, 2.75) is 58.8 Å². The molecule has 2 heterocycles. The molecule has 2 nitrogen and oxygen atoms in total. The second-order valence-electron chi connectivity index (χ2n) is 14.1. The maximum absolute atomic E-state index is 5.22. The van der Waals surface area contributed by atoms with Gasteiger partial charge in [-0.15, -0.1) is 0 Å². The number of aromatic nitrogens is 2. The molecule has 2 aromatic carbocycles. The highest BCUT2D eigenvalue weighted by Crippen LogP contribution is 2.49. The molecule has 0 saturated carbocycles. The molecule has 3 atom stereocenters. The predicted octanol–water partition coefficient (Wildman–Crippen LogP) is 13.1. The van der Waals surface area contributed by atoms with E-state index in [2.05, 4.69) is 185 Å². The SMILES string of the molecule is C=C(C=C1/C(=C\C)n2c(nc3ccccc32)C2C=CC(c3ccc4c(c3)[C@H](C)CC=C4)=CC12)C1=CC=C(C(=C)/C=C/C=C\C=C/C(C)=C/C)CC1. The third-order valence-corrected chi connectivity index (χ3v) is 10.8. The molecule has 3 aromatic rings. The summed E-state index contributed by atoms with van der Waals surface area (Å²) in [5.74, 6) is 1.89. The molecular formula is C49H48N2. The molecule has 2 heteroatoms. The van der Waals surface area contributed by atoms with Crippen molar-refractivity contribution in [3.05, 3.63) is 203 Å². The first kappa shape index (κ1) is 34.0. The standard InChI is InChI=1S/C49H48N2/c1-7-33(3)16-11-9-10-12-17-34(4)37-22-24-38(25-23-37)36(6)30-45-44-32-41(40-27-26-39-19-15-18-35(5)43(39)31-40)28-29-42(44)49-50-46-20-13-14-21-48(46)51(49)47(45)8-2/h7-17,19-22,24,26-32,35,42,44H,4,6,18,23,25H2,1-3,5H3/b10-9-,16-11-,17-12+,33-7+,45-30?,47-8+/t35-,42?,44?/m1/s1. The summed E-state index contributed by atoms with van der Waals surface area (Å²) in [7, 11) is 0. The van der Waals surface area contributed by atoms with Crippen LogP contribution in [-0.2, 0) is 0 Å². The maximum Gasteiger partial charge on any atom is 0.122 e. The highest BCUT2D eigenvalue weighted by Gasteiger charge is 2.37. The fourth-order valence-corrected chi connectivity index (χ4v) is 7.71. The van der Waals surface area contributed by atoms with Crippen molar-refractivity contribution >= 4 is 28.4 Å². The van der Waals surface area contributed by atoms with Gasteiger partial charge in [-0.1, -0.05) is 147 Å². The van der Waals surface area contributed by atoms with Crippen LogP contribution >= 0.6 is 0 Å². The van der Waals surface area contributed by atoms with Crippen molar-refractivity contribution in [3.63, 3.8) is 0 Å². The van der Waals surface area contributed by atoms with Crippen molar-refractivity contribution in [1.82, 2.24) is 9.55 Å². The minimum absolute atomic E-state index is 0.127. The Kier molecular flexibility index (Phi) is 9.86. The monoisotopic (exact) mass is 664 g/mol. The van der Waals surface area contributed by atoms with Gasteiger partial charge < -0.3 is 0 Å². The van der Waals surface area contributed by atoms with Crippen molar-refractivity contribution in [2.24, 2.45) is 5.92 Å². The van der Waals surface area contributed by atoms with Crippen molar-refractivity contribution in [2.75, 3.05) is 0 Å². The molecule has 4 aliphatic rings. The van der Waals surface area contributed by atoms with Crippen molar-refractivity contribution in [1.29, 1.82) is 0 Å². The van der Waals surface area contributed by atoms with Gasteiger partial charge in [0.2, 0.25) is 0 Å². The lowest BCUT2D eigenvalue weighted by molar-refractivity contribution is 0.603. The molecule has 0 bridgehead atoms. The quantitative estimate of drug-likeness (QED) is 0.219. The van der Waals surface area contributed by atoms with E-state index in [-0.39, 0.29) is 11.8 Å². The molecule has 2 unspecified atom stereocenters. The number of nitrogens with zero attached hydrogens (tertiary/aromatic N) is 2. The fourth-order valence-electron chi connectivity index (χ4n) is 7.71. The second kappa shape index (κ2) is 14.8. The van der Waals surface area contributed by atoms with E-state index >= 15 is 0 Å². The molecule has 7 rings (SSSR count). The summed E-state index contributed by atoms with van der Waals surface area (Å²) < 4.78 is 2.38. The first-order valence-electron chi connectivity index (χ1n) is 18.4. The zero-order chi connectivity index (χ0) is 35.5. The molecule has 51 heavy (non-hydrogen) atoms. The largest absolute Gasteiger partial charge is 0.296 e. The molecule has 0 radical (unpaired) electrons. The van der Waals surface area contributed by atoms with E-state index in [1.807, 2.05) is 0 Å². The lowest BCUT2D eigenvalue weighted by Gasteiger charge is -2.36. The van der Waals surface area contributed by atoms with E-state index in [1.54, 1.807) is 0 Å². The Morgan fingerprint density at radius 2 is 1.65 bits per heavy atom. The van der Waals surface area contributed by atoms with E-state index in [4.69, 9.17) is 4.98 Å². The summed E-state index contributed by atoms with van der Waals surface area (Å²) in [6.07, 6.45) is 38.3. The van der Waals surface area contributed by atoms with Crippen LogP contribution in [0.2, 0.25) is 0 Å². The molecular weight excluding hydrogens is 617 g/mol. The van der Waals surface area contributed by atoms with Gasteiger partial charge in [0.1, 0.15) is 5.82 Å². The topological polar surface area (TPSA) is 17.8 Å². The van der Waals surface area contributed by atoms with Gasteiger partial charge in [0, 0.05) is 17.5 Å². The number of fused-ring (bicyclic) bond motifs is 6. The van der Waals surface area contributed by atoms with E-state index < -0.39 is 0 Å². The molecule has 0 spiro atoms. The molecule has 0 N–H and O–H groups in total. The normalized spacial score (nSPS) is 23.2. The molecule has 254 valence electrons. The summed E-state index contributed by atoms with van der Waals surface area (Å²) >= 11 is 0. The molecule has 1 aromatic heterocycles. The average Bonchev–Trinajstić information content (AvgIpc) is 3.55. The number of allylic oxidation sites excluding steroid dienone is 23. The zero-order valence-corrected chi connectivity index (χ0v) is 30.4. The highest BCUT2D eigenvalue weighted by molar-refractivity contribution is 5.87. The summed E-state index contributed by atoms with van der Waals surface area (Å²) in [5, 5.41) is 0. The highest BCUT2D eigenvalue weighted by atomic mass is 15.1.